The number of hydrogen-bond donors (Lipinski definition) is 4. The second-order valence-corrected chi connectivity index (χ2v) is 13.8. The Morgan fingerprint density at radius 2 is 0.455 bits per heavy atom. The second-order valence-electron chi connectivity index (χ2n) is 13.8. The molecule has 0 aliphatic heterocycles. The third-order valence-corrected chi connectivity index (χ3v) is 7.01. The number of rotatable bonds is 4. The summed E-state index contributed by atoms with van der Waals surface area (Å²) in [6.07, 6.45) is 0. The minimum Gasteiger partial charge on any atom is -0.396 e. The van der Waals surface area contributed by atoms with Crippen molar-refractivity contribution in [3.05, 3.63) is 0 Å². The topological polar surface area (TPSA) is 80.9 Å². The standard InChI is InChI=1S/4C7H16O.Ti/c4*1-6(5-8)7(2,3)4;/h4*6,8H,5H2,1-4H3;. The summed E-state index contributed by atoms with van der Waals surface area (Å²) in [5.41, 5.74) is 1.03. The minimum atomic E-state index is 0. The van der Waals surface area contributed by atoms with Crippen LogP contribution in [0.4, 0.5) is 0 Å². The summed E-state index contributed by atoms with van der Waals surface area (Å²) in [7, 11) is 0. The molecule has 204 valence electrons. The van der Waals surface area contributed by atoms with E-state index in [2.05, 4.69) is 111 Å². The fourth-order valence-corrected chi connectivity index (χ4v) is 1.10. The third kappa shape index (κ3) is 28.7. The van der Waals surface area contributed by atoms with Crippen LogP contribution in [0.2, 0.25) is 0 Å². The Bertz CT molecular complexity index is 332. The fraction of sp³-hybridized carbons (Fsp3) is 1.00. The Kier molecular flexibility index (Phi) is 26.0. The Labute approximate surface area is 224 Å². The predicted molar refractivity (Wildman–Crippen MR) is 143 cm³/mol. The van der Waals surface area contributed by atoms with E-state index in [4.69, 9.17) is 20.4 Å². The molecule has 0 aromatic heterocycles. The zero-order valence-corrected chi connectivity index (χ0v) is 27.0. The van der Waals surface area contributed by atoms with Crippen LogP contribution < -0.4 is 0 Å². The minimum absolute atomic E-state index is 0. The molecular formula is C28H64O4Ti. The summed E-state index contributed by atoms with van der Waals surface area (Å²) in [5.74, 6) is 1.62. The molecule has 0 aromatic carbocycles. The average Bonchev–Trinajstić information content (AvgIpc) is 2.63. The van der Waals surface area contributed by atoms with E-state index < -0.39 is 0 Å². The van der Waals surface area contributed by atoms with Crippen molar-refractivity contribution in [2.75, 3.05) is 26.4 Å². The van der Waals surface area contributed by atoms with Crippen LogP contribution in [0.25, 0.3) is 0 Å². The molecule has 0 saturated carbocycles. The number of aliphatic hydroxyl groups is 4. The van der Waals surface area contributed by atoms with E-state index in [0.717, 1.165) is 0 Å². The first-order valence-electron chi connectivity index (χ1n) is 12.4. The maximum atomic E-state index is 8.67. The van der Waals surface area contributed by atoms with Crippen molar-refractivity contribution >= 4 is 0 Å². The van der Waals surface area contributed by atoms with Gasteiger partial charge in [-0.1, -0.05) is 111 Å². The molecule has 4 nitrogen and oxygen atoms in total. The Balaban J connectivity index is -0.000000105. The summed E-state index contributed by atoms with van der Waals surface area (Å²) >= 11 is 0. The summed E-state index contributed by atoms with van der Waals surface area (Å²) in [6, 6.07) is 0. The van der Waals surface area contributed by atoms with Gasteiger partial charge >= 0.3 is 0 Å². The fourth-order valence-electron chi connectivity index (χ4n) is 1.10. The van der Waals surface area contributed by atoms with Crippen molar-refractivity contribution in [2.24, 2.45) is 45.3 Å². The van der Waals surface area contributed by atoms with Gasteiger partial charge in [0, 0.05) is 48.1 Å². The van der Waals surface area contributed by atoms with Crippen LogP contribution in [0, 0.1) is 45.3 Å². The third-order valence-electron chi connectivity index (χ3n) is 7.01. The molecule has 4 N–H and O–H groups in total. The molecule has 0 bridgehead atoms. The molecule has 0 radical (unpaired) electrons. The Hall–Kier alpha value is 0.554. The maximum Gasteiger partial charge on any atom is 0.0461 e. The molecule has 0 aliphatic carbocycles. The molecule has 0 aromatic rings. The molecule has 0 fully saturated rings. The van der Waals surface area contributed by atoms with Crippen LogP contribution in [0.15, 0.2) is 0 Å². The number of hydrogen-bond acceptors (Lipinski definition) is 4. The SMILES string of the molecule is CC(CO)C(C)(C)C.CC(CO)C(C)(C)C.CC(CO)C(C)(C)C.CC(CO)C(C)(C)C.[Ti]. The molecule has 4 atom stereocenters. The van der Waals surface area contributed by atoms with Crippen LogP contribution in [-0.4, -0.2) is 46.9 Å². The van der Waals surface area contributed by atoms with Crippen molar-refractivity contribution in [1.82, 2.24) is 0 Å². The van der Waals surface area contributed by atoms with Crippen molar-refractivity contribution < 1.29 is 42.1 Å². The first-order valence-corrected chi connectivity index (χ1v) is 12.4. The zero-order chi connectivity index (χ0) is 27.1. The van der Waals surface area contributed by atoms with Gasteiger partial charge in [0.2, 0.25) is 0 Å². The van der Waals surface area contributed by atoms with Gasteiger partial charge in [-0.3, -0.25) is 0 Å². The molecule has 0 aliphatic rings. The van der Waals surface area contributed by atoms with Crippen LogP contribution in [0.3, 0.4) is 0 Å². The molecule has 33 heavy (non-hydrogen) atoms. The summed E-state index contributed by atoms with van der Waals surface area (Å²) in [5, 5.41) is 34.7. The van der Waals surface area contributed by atoms with Crippen LogP contribution >= 0.6 is 0 Å². The van der Waals surface area contributed by atoms with E-state index in [0.29, 0.717) is 50.1 Å². The monoisotopic (exact) mass is 512 g/mol. The smallest absolute Gasteiger partial charge is 0.0461 e. The van der Waals surface area contributed by atoms with E-state index in [-0.39, 0.29) is 43.4 Å². The molecule has 5 heteroatoms. The van der Waals surface area contributed by atoms with Gasteiger partial charge < -0.3 is 20.4 Å². The quantitative estimate of drug-likeness (QED) is 0.318. The van der Waals surface area contributed by atoms with Crippen molar-refractivity contribution in [3.63, 3.8) is 0 Å². The van der Waals surface area contributed by atoms with E-state index in [1.165, 1.54) is 0 Å². The van der Waals surface area contributed by atoms with Crippen LogP contribution in [0.5, 0.6) is 0 Å². The average molecular weight is 513 g/mol. The largest absolute Gasteiger partial charge is 0.396 e. The van der Waals surface area contributed by atoms with E-state index in [1.54, 1.807) is 0 Å². The van der Waals surface area contributed by atoms with Crippen LogP contribution in [-0.2, 0) is 21.7 Å². The molecule has 0 spiro atoms. The van der Waals surface area contributed by atoms with Gasteiger partial charge in [0.1, 0.15) is 0 Å². The first kappa shape index (κ1) is 43.6. The number of aliphatic hydroxyl groups excluding tert-OH is 4. The van der Waals surface area contributed by atoms with Gasteiger partial charge in [-0.05, 0) is 45.3 Å². The maximum absolute atomic E-state index is 8.67. The molecule has 0 saturated heterocycles. The Morgan fingerprint density at radius 3 is 0.455 bits per heavy atom. The summed E-state index contributed by atoms with van der Waals surface area (Å²) in [4.78, 5) is 0. The van der Waals surface area contributed by atoms with E-state index >= 15 is 0 Å². The second kappa shape index (κ2) is 19.7. The van der Waals surface area contributed by atoms with Crippen molar-refractivity contribution in [1.29, 1.82) is 0 Å². The van der Waals surface area contributed by atoms with Crippen molar-refractivity contribution in [2.45, 2.75) is 111 Å². The molecule has 0 amide bonds. The van der Waals surface area contributed by atoms with Gasteiger partial charge in [0.15, 0.2) is 0 Å². The van der Waals surface area contributed by atoms with Crippen LogP contribution in [0.1, 0.15) is 111 Å². The van der Waals surface area contributed by atoms with Gasteiger partial charge in [-0.25, -0.2) is 0 Å². The normalized spacial score (nSPS) is 15.6. The van der Waals surface area contributed by atoms with Gasteiger partial charge in [0.05, 0.1) is 0 Å². The van der Waals surface area contributed by atoms with Gasteiger partial charge in [-0.15, -0.1) is 0 Å². The predicted octanol–water partition coefficient (Wildman–Crippen LogP) is 6.64. The zero-order valence-electron chi connectivity index (χ0n) is 25.4. The first-order chi connectivity index (χ1) is 13.9. The van der Waals surface area contributed by atoms with Gasteiger partial charge in [0.25, 0.3) is 0 Å². The molecule has 0 heterocycles. The molecule has 4 unspecified atom stereocenters. The molecular weight excluding hydrogens is 448 g/mol. The van der Waals surface area contributed by atoms with E-state index in [9.17, 15) is 0 Å². The summed E-state index contributed by atoms with van der Waals surface area (Å²) in [6.45, 7) is 35.0. The Morgan fingerprint density at radius 1 is 0.364 bits per heavy atom. The van der Waals surface area contributed by atoms with Gasteiger partial charge in [-0.2, -0.15) is 0 Å². The summed E-state index contributed by atoms with van der Waals surface area (Å²) < 4.78 is 0. The van der Waals surface area contributed by atoms with E-state index in [1.807, 2.05) is 0 Å². The van der Waals surface area contributed by atoms with Crippen molar-refractivity contribution in [3.8, 4) is 0 Å². The molecule has 0 rings (SSSR count).